The van der Waals surface area contributed by atoms with Crippen LogP contribution in [0.5, 0.6) is 0 Å². The Morgan fingerprint density at radius 2 is 1.95 bits per heavy atom. The summed E-state index contributed by atoms with van der Waals surface area (Å²) in [4.78, 5) is 1.21. The fourth-order valence-electron chi connectivity index (χ4n) is 2.49. The number of thioether (sulfide) groups is 1. The molecule has 2 nitrogen and oxygen atoms in total. The van der Waals surface area contributed by atoms with Crippen molar-refractivity contribution in [2.75, 3.05) is 7.11 Å². The van der Waals surface area contributed by atoms with E-state index in [1.54, 1.807) is 25.1 Å². The van der Waals surface area contributed by atoms with Crippen LogP contribution in [-0.4, -0.2) is 23.1 Å². The highest BCUT2D eigenvalue weighted by Gasteiger charge is 2.26. The lowest BCUT2D eigenvalue weighted by molar-refractivity contribution is 0.144. The van der Waals surface area contributed by atoms with E-state index in [0.29, 0.717) is 0 Å². The van der Waals surface area contributed by atoms with Crippen LogP contribution in [0, 0.1) is 0 Å². The number of hydrogen-bond acceptors (Lipinski definition) is 3. The Hall–Kier alpha value is -0.930. The van der Waals surface area contributed by atoms with Gasteiger partial charge in [0.25, 0.3) is 0 Å². The van der Waals surface area contributed by atoms with Crippen LogP contribution in [0.3, 0.4) is 0 Å². The molecule has 3 heteroatoms. The SMILES string of the molecule is CCCCCCC(O)CC(C)(/C=C/OC)Sc1ccccc1. The molecule has 0 amide bonds. The molecule has 0 aliphatic rings. The van der Waals surface area contributed by atoms with Crippen LogP contribution in [0.15, 0.2) is 47.6 Å². The van der Waals surface area contributed by atoms with Gasteiger partial charge in [-0.3, -0.25) is 0 Å². The molecule has 22 heavy (non-hydrogen) atoms. The van der Waals surface area contributed by atoms with E-state index in [1.807, 2.05) is 18.2 Å². The molecule has 0 bridgehead atoms. The number of aliphatic hydroxyl groups excluding tert-OH is 1. The molecule has 0 radical (unpaired) electrons. The summed E-state index contributed by atoms with van der Waals surface area (Å²) in [5, 5.41) is 10.4. The minimum atomic E-state index is -0.264. The minimum Gasteiger partial charge on any atom is -0.505 e. The van der Waals surface area contributed by atoms with Gasteiger partial charge in [-0.15, -0.1) is 11.8 Å². The first kappa shape index (κ1) is 19.1. The fraction of sp³-hybridized carbons (Fsp3) is 0.579. The molecule has 0 aliphatic heterocycles. The van der Waals surface area contributed by atoms with Crippen LogP contribution in [0.4, 0.5) is 0 Å². The van der Waals surface area contributed by atoms with Crippen molar-refractivity contribution >= 4 is 11.8 Å². The molecule has 0 aromatic heterocycles. The van der Waals surface area contributed by atoms with Gasteiger partial charge in [-0.2, -0.15) is 0 Å². The molecule has 124 valence electrons. The summed E-state index contributed by atoms with van der Waals surface area (Å²) in [6, 6.07) is 10.3. The maximum atomic E-state index is 10.4. The number of benzene rings is 1. The predicted octanol–water partition coefficient (Wildman–Crippen LogP) is 5.42. The highest BCUT2D eigenvalue weighted by Crippen LogP contribution is 2.38. The van der Waals surface area contributed by atoms with Gasteiger partial charge in [-0.25, -0.2) is 0 Å². The van der Waals surface area contributed by atoms with Gasteiger partial charge in [0.15, 0.2) is 0 Å². The quantitative estimate of drug-likeness (QED) is 0.335. The maximum absolute atomic E-state index is 10.4. The second-order valence-corrected chi connectivity index (χ2v) is 7.58. The van der Waals surface area contributed by atoms with Crippen molar-refractivity contribution in [3.05, 3.63) is 42.7 Å². The molecule has 0 fully saturated rings. The van der Waals surface area contributed by atoms with Crippen molar-refractivity contribution in [2.24, 2.45) is 0 Å². The monoisotopic (exact) mass is 322 g/mol. The molecule has 1 aromatic carbocycles. The van der Waals surface area contributed by atoms with Gasteiger partial charge in [-0.1, -0.05) is 50.8 Å². The van der Waals surface area contributed by atoms with Gasteiger partial charge in [-0.05, 0) is 38.0 Å². The van der Waals surface area contributed by atoms with Crippen molar-refractivity contribution in [3.63, 3.8) is 0 Å². The van der Waals surface area contributed by atoms with E-state index in [4.69, 9.17) is 4.74 Å². The van der Waals surface area contributed by atoms with Crippen molar-refractivity contribution in [3.8, 4) is 0 Å². The van der Waals surface area contributed by atoms with Crippen LogP contribution in [0.25, 0.3) is 0 Å². The summed E-state index contributed by atoms with van der Waals surface area (Å²) in [6.07, 6.45) is 9.93. The lowest BCUT2D eigenvalue weighted by Gasteiger charge is -2.28. The first-order chi connectivity index (χ1) is 10.6. The Morgan fingerprint density at radius 3 is 2.59 bits per heavy atom. The molecule has 0 saturated carbocycles. The van der Waals surface area contributed by atoms with E-state index >= 15 is 0 Å². The summed E-state index contributed by atoms with van der Waals surface area (Å²) in [5.41, 5.74) is 0. The third kappa shape index (κ3) is 7.90. The number of ether oxygens (including phenoxy) is 1. The van der Waals surface area contributed by atoms with Crippen molar-refractivity contribution in [2.45, 2.75) is 68.1 Å². The van der Waals surface area contributed by atoms with E-state index in [1.165, 1.54) is 24.2 Å². The summed E-state index contributed by atoms with van der Waals surface area (Å²) < 4.78 is 4.93. The molecule has 1 aromatic rings. The highest BCUT2D eigenvalue weighted by atomic mass is 32.2. The van der Waals surface area contributed by atoms with Gasteiger partial charge >= 0.3 is 0 Å². The van der Waals surface area contributed by atoms with Crippen molar-refractivity contribution < 1.29 is 9.84 Å². The van der Waals surface area contributed by atoms with E-state index in [-0.39, 0.29) is 10.9 Å². The molecule has 0 spiro atoms. The molecule has 1 rings (SSSR count). The minimum absolute atomic E-state index is 0.165. The number of unbranched alkanes of at least 4 members (excludes halogenated alkanes) is 3. The predicted molar refractivity (Wildman–Crippen MR) is 96.2 cm³/mol. The average molecular weight is 323 g/mol. The smallest absolute Gasteiger partial charge is 0.0798 e. The lowest BCUT2D eigenvalue weighted by Crippen LogP contribution is -2.25. The summed E-state index contributed by atoms with van der Waals surface area (Å²) in [5.74, 6) is 0. The number of hydrogen-bond donors (Lipinski definition) is 1. The number of methoxy groups -OCH3 is 1. The second kappa shape index (κ2) is 10.7. The normalized spacial score (nSPS) is 15.6. The first-order valence-electron chi connectivity index (χ1n) is 8.22. The zero-order valence-electron chi connectivity index (χ0n) is 14.1. The Labute approximate surface area is 140 Å². The van der Waals surface area contributed by atoms with Gasteiger partial charge in [0, 0.05) is 9.64 Å². The average Bonchev–Trinajstić information content (AvgIpc) is 2.50. The van der Waals surface area contributed by atoms with E-state index in [9.17, 15) is 5.11 Å². The maximum Gasteiger partial charge on any atom is 0.0798 e. The van der Waals surface area contributed by atoms with E-state index < -0.39 is 0 Å². The molecule has 0 saturated heterocycles. The Kier molecular flexibility index (Phi) is 9.33. The zero-order valence-corrected chi connectivity index (χ0v) is 14.9. The van der Waals surface area contributed by atoms with Crippen LogP contribution < -0.4 is 0 Å². The molecular formula is C19H30O2S. The standard InChI is InChI=1S/C19H30O2S/c1-4-5-6-8-11-17(20)16-19(2,14-15-21-3)22-18-12-9-7-10-13-18/h7,9-10,12-15,17,20H,4-6,8,11,16H2,1-3H3/b15-14+. The molecule has 2 atom stereocenters. The Bertz CT molecular complexity index is 419. The van der Waals surface area contributed by atoms with Gasteiger partial charge in [0.05, 0.1) is 19.5 Å². The van der Waals surface area contributed by atoms with Crippen LogP contribution in [0.1, 0.15) is 52.4 Å². The zero-order chi connectivity index (χ0) is 16.3. The van der Waals surface area contributed by atoms with Gasteiger partial charge in [0.1, 0.15) is 0 Å². The van der Waals surface area contributed by atoms with E-state index in [2.05, 4.69) is 32.1 Å². The lowest BCUT2D eigenvalue weighted by atomic mass is 9.98. The number of aliphatic hydroxyl groups is 1. The summed E-state index contributed by atoms with van der Waals surface area (Å²) in [7, 11) is 1.66. The first-order valence-corrected chi connectivity index (χ1v) is 9.04. The Morgan fingerprint density at radius 1 is 1.23 bits per heavy atom. The fourth-order valence-corrected chi connectivity index (χ4v) is 3.72. The van der Waals surface area contributed by atoms with Crippen LogP contribution >= 0.6 is 11.8 Å². The molecule has 0 heterocycles. The van der Waals surface area contributed by atoms with Crippen LogP contribution in [0.2, 0.25) is 0 Å². The molecule has 0 aliphatic carbocycles. The summed E-state index contributed by atoms with van der Waals surface area (Å²) >= 11 is 1.78. The Balaban J connectivity index is 2.60. The topological polar surface area (TPSA) is 29.5 Å². The van der Waals surface area contributed by atoms with Crippen LogP contribution in [-0.2, 0) is 4.74 Å². The van der Waals surface area contributed by atoms with E-state index in [0.717, 1.165) is 19.3 Å². The molecular weight excluding hydrogens is 292 g/mol. The number of rotatable bonds is 11. The van der Waals surface area contributed by atoms with Gasteiger partial charge in [0.2, 0.25) is 0 Å². The molecule has 2 unspecified atom stereocenters. The summed E-state index contributed by atoms with van der Waals surface area (Å²) in [6.45, 7) is 4.37. The van der Waals surface area contributed by atoms with Crippen molar-refractivity contribution in [1.82, 2.24) is 0 Å². The third-order valence-corrected chi connectivity index (χ3v) is 4.96. The molecule has 1 N–H and O–H groups in total. The van der Waals surface area contributed by atoms with Crippen molar-refractivity contribution in [1.29, 1.82) is 0 Å². The highest BCUT2D eigenvalue weighted by molar-refractivity contribution is 8.00. The van der Waals surface area contributed by atoms with Gasteiger partial charge < -0.3 is 9.84 Å². The largest absolute Gasteiger partial charge is 0.505 e. The third-order valence-electron chi connectivity index (χ3n) is 3.68. The second-order valence-electron chi connectivity index (χ2n) is 5.97.